The summed E-state index contributed by atoms with van der Waals surface area (Å²) in [5.41, 5.74) is 2.24. The van der Waals surface area contributed by atoms with Crippen molar-refractivity contribution in [1.29, 1.82) is 0 Å². The van der Waals surface area contributed by atoms with Crippen LogP contribution in [-0.4, -0.2) is 27.2 Å². The minimum Gasteiger partial charge on any atom is -0.357 e. The van der Waals surface area contributed by atoms with E-state index in [0.29, 0.717) is 11.4 Å². The van der Waals surface area contributed by atoms with Gasteiger partial charge in [-0.1, -0.05) is 12.1 Å². The topological polar surface area (TPSA) is 70.6 Å². The third-order valence-electron chi connectivity index (χ3n) is 3.50. The van der Waals surface area contributed by atoms with Crippen LogP contribution in [0.15, 0.2) is 45.6 Å². The molecule has 25 heavy (non-hydrogen) atoms. The van der Waals surface area contributed by atoms with Crippen molar-refractivity contribution in [3.8, 4) is 0 Å². The Morgan fingerprint density at radius 3 is 2.36 bits per heavy atom. The third kappa shape index (κ3) is 6.95. The summed E-state index contributed by atoms with van der Waals surface area (Å²) in [6.45, 7) is 6.13. The summed E-state index contributed by atoms with van der Waals surface area (Å²) in [4.78, 5) is 6.17. The Labute approximate surface area is 170 Å². The van der Waals surface area contributed by atoms with Gasteiger partial charge in [-0.15, -0.1) is 35.3 Å². The van der Waals surface area contributed by atoms with E-state index in [1.54, 1.807) is 35.6 Å². The van der Waals surface area contributed by atoms with Gasteiger partial charge in [0.1, 0.15) is 0 Å². The molecule has 2 N–H and O–H groups in total. The van der Waals surface area contributed by atoms with Crippen LogP contribution >= 0.6 is 35.3 Å². The molecule has 0 aliphatic heterocycles. The van der Waals surface area contributed by atoms with Crippen molar-refractivity contribution in [2.24, 2.45) is 4.99 Å². The number of hydrogen-bond acceptors (Lipinski definition) is 4. The van der Waals surface area contributed by atoms with Crippen LogP contribution in [0.2, 0.25) is 0 Å². The zero-order valence-corrected chi connectivity index (χ0v) is 18.5. The van der Waals surface area contributed by atoms with Crippen LogP contribution in [0.1, 0.15) is 22.9 Å². The molecule has 0 spiro atoms. The maximum absolute atomic E-state index is 11.5. The van der Waals surface area contributed by atoms with Gasteiger partial charge >= 0.3 is 0 Å². The van der Waals surface area contributed by atoms with Gasteiger partial charge < -0.3 is 10.6 Å². The second-order valence-corrected chi connectivity index (χ2v) is 8.51. The molecule has 2 rings (SSSR count). The molecule has 2 aromatic rings. The maximum atomic E-state index is 11.5. The maximum Gasteiger partial charge on any atom is 0.191 e. The molecule has 8 heteroatoms. The minimum absolute atomic E-state index is 0. The summed E-state index contributed by atoms with van der Waals surface area (Å²) in [7, 11) is -3.16. The molecule has 1 aromatic heterocycles. The molecule has 138 valence electrons. The Kier molecular flexibility index (Phi) is 8.87. The number of nitrogens with one attached hydrogen (secondary N) is 2. The van der Waals surface area contributed by atoms with Crippen molar-refractivity contribution in [2.75, 3.05) is 12.8 Å². The lowest BCUT2D eigenvalue weighted by Crippen LogP contribution is -2.36. The van der Waals surface area contributed by atoms with Crippen LogP contribution < -0.4 is 10.6 Å². The molecular formula is C17H24IN3O2S2. The highest BCUT2D eigenvalue weighted by molar-refractivity contribution is 14.0. The molecule has 0 unspecified atom stereocenters. The number of thiophene rings is 1. The molecule has 0 amide bonds. The molecule has 0 aliphatic carbocycles. The van der Waals surface area contributed by atoms with Crippen molar-refractivity contribution in [3.63, 3.8) is 0 Å². The lowest BCUT2D eigenvalue weighted by atomic mass is 10.2. The molecule has 0 aliphatic rings. The highest BCUT2D eigenvalue weighted by Gasteiger charge is 2.06. The second-order valence-electron chi connectivity index (χ2n) is 5.49. The number of nitrogens with zero attached hydrogens (tertiary/aromatic N) is 1. The van der Waals surface area contributed by atoms with Gasteiger partial charge in [-0.2, -0.15) is 0 Å². The molecule has 5 nitrogen and oxygen atoms in total. The first-order valence-electron chi connectivity index (χ1n) is 7.74. The Hall–Kier alpha value is -1.13. The Balaban J connectivity index is 0.00000312. The number of sulfone groups is 1. The van der Waals surface area contributed by atoms with Crippen LogP contribution in [0, 0.1) is 6.92 Å². The van der Waals surface area contributed by atoms with Gasteiger partial charge in [0.05, 0.1) is 18.0 Å². The van der Waals surface area contributed by atoms with E-state index in [-0.39, 0.29) is 24.0 Å². The monoisotopic (exact) mass is 493 g/mol. The fourth-order valence-electron chi connectivity index (χ4n) is 2.10. The smallest absolute Gasteiger partial charge is 0.191 e. The molecule has 0 atom stereocenters. The van der Waals surface area contributed by atoms with Crippen LogP contribution in [0.3, 0.4) is 0 Å². The summed E-state index contributed by atoms with van der Waals surface area (Å²) in [5, 5.41) is 8.62. The van der Waals surface area contributed by atoms with Crippen LogP contribution in [-0.2, 0) is 22.9 Å². The van der Waals surface area contributed by atoms with Gasteiger partial charge in [0.25, 0.3) is 0 Å². The normalized spacial score (nSPS) is 11.7. The molecule has 0 radical (unpaired) electrons. The number of aliphatic imine (C=N–C) groups is 1. The number of rotatable bonds is 6. The first-order chi connectivity index (χ1) is 11.4. The number of hydrogen-bond donors (Lipinski definition) is 2. The zero-order valence-electron chi connectivity index (χ0n) is 14.6. The minimum atomic E-state index is -3.16. The summed E-state index contributed by atoms with van der Waals surface area (Å²) in [5.74, 6) is 0.748. The average Bonchev–Trinajstić information content (AvgIpc) is 2.95. The Morgan fingerprint density at radius 2 is 1.84 bits per heavy atom. The lowest BCUT2D eigenvalue weighted by molar-refractivity contribution is 0.602. The van der Waals surface area contributed by atoms with Crippen molar-refractivity contribution < 1.29 is 8.42 Å². The molecule has 1 aromatic carbocycles. The fraction of sp³-hybridized carbons (Fsp3) is 0.353. The summed E-state index contributed by atoms with van der Waals surface area (Å²) >= 11 is 1.73. The molecule has 0 saturated carbocycles. The Bertz CT molecular complexity index is 800. The van der Waals surface area contributed by atoms with Crippen LogP contribution in [0.4, 0.5) is 0 Å². The summed E-state index contributed by atoms with van der Waals surface area (Å²) < 4.78 is 22.9. The fourth-order valence-corrected chi connectivity index (χ4v) is 3.58. The molecule has 0 fully saturated rings. The molecule has 1 heterocycles. The van der Waals surface area contributed by atoms with E-state index in [1.165, 1.54) is 16.7 Å². The highest BCUT2D eigenvalue weighted by Crippen LogP contribution is 2.15. The molecule has 0 bridgehead atoms. The lowest BCUT2D eigenvalue weighted by Gasteiger charge is -2.11. The van der Waals surface area contributed by atoms with E-state index in [4.69, 9.17) is 0 Å². The first-order valence-corrected chi connectivity index (χ1v) is 10.5. The van der Waals surface area contributed by atoms with E-state index in [9.17, 15) is 8.42 Å². The van der Waals surface area contributed by atoms with Crippen LogP contribution in [0.25, 0.3) is 0 Å². The summed E-state index contributed by atoms with van der Waals surface area (Å²) in [6, 6.07) is 8.94. The van der Waals surface area contributed by atoms with Crippen molar-refractivity contribution >= 4 is 51.1 Å². The third-order valence-corrected chi connectivity index (χ3v) is 5.65. The number of halogens is 1. The largest absolute Gasteiger partial charge is 0.357 e. The standard InChI is InChI=1S/C17H23N3O2S2.HI/c1-4-18-17(20-12-16-13(2)9-10-23-16)19-11-14-5-7-15(8-6-14)24(3,21)22;/h5-10H,4,11-12H2,1-3H3,(H2,18,19,20);1H. The molecule has 0 saturated heterocycles. The van der Waals surface area contributed by atoms with E-state index in [2.05, 4.69) is 34.0 Å². The van der Waals surface area contributed by atoms with Gasteiger partial charge in [-0.25, -0.2) is 13.4 Å². The van der Waals surface area contributed by atoms with Gasteiger partial charge in [-0.3, -0.25) is 0 Å². The number of benzene rings is 1. The second kappa shape index (κ2) is 10.1. The van der Waals surface area contributed by atoms with Gasteiger partial charge in [0.2, 0.25) is 0 Å². The van der Waals surface area contributed by atoms with Crippen LogP contribution in [0.5, 0.6) is 0 Å². The predicted molar refractivity (Wildman–Crippen MR) is 116 cm³/mol. The van der Waals surface area contributed by atoms with Gasteiger partial charge in [0, 0.05) is 17.7 Å². The van der Waals surface area contributed by atoms with Crippen molar-refractivity contribution in [1.82, 2.24) is 10.6 Å². The number of aryl methyl sites for hydroxylation is 1. The van der Waals surface area contributed by atoms with Crippen molar-refractivity contribution in [2.45, 2.75) is 31.8 Å². The number of guanidine groups is 1. The molecular weight excluding hydrogens is 469 g/mol. The van der Waals surface area contributed by atoms with E-state index < -0.39 is 9.84 Å². The highest BCUT2D eigenvalue weighted by atomic mass is 127. The van der Waals surface area contributed by atoms with Gasteiger partial charge in [0.15, 0.2) is 15.8 Å². The SMILES string of the molecule is CCNC(=NCc1ccc(S(C)(=O)=O)cc1)NCc1sccc1C.I. The first kappa shape index (κ1) is 21.9. The Morgan fingerprint density at radius 1 is 1.16 bits per heavy atom. The predicted octanol–water partition coefficient (Wildman–Crippen LogP) is 3.33. The van der Waals surface area contributed by atoms with E-state index >= 15 is 0 Å². The van der Waals surface area contributed by atoms with E-state index in [1.807, 2.05) is 6.92 Å². The van der Waals surface area contributed by atoms with E-state index in [0.717, 1.165) is 24.6 Å². The average molecular weight is 493 g/mol. The van der Waals surface area contributed by atoms with Crippen molar-refractivity contribution in [3.05, 3.63) is 51.7 Å². The summed E-state index contributed by atoms with van der Waals surface area (Å²) in [6.07, 6.45) is 1.21. The van der Waals surface area contributed by atoms with Gasteiger partial charge in [-0.05, 0) is 48.6 Å². The quantitative estimate of drug-likeness (QED) is 0.368. The zero-order chi connectivity index (χ0) is 17.6.